The summed E-state index contributed by atoms with van der Waals surface area (Å²) in [6.07, 6.45) is 4.93. The molecule has 0 saturated carbocycles. The zero-order valence-corrected chi connectivity index (χ0v) is 15.6. The maximum atomic E-state index is 4.56. The van der Waals surface area contributed by atoms with Crippen molar-refractivity contribution in [2.75, 3.05) is 0 Å². The molecule has 2 nitrogen and oxygen atoms in total. The summed E-state index contributed by atoms with van der Waals surface area (Å²) in [5, 5.41) is 0. The minimum Gasteiger partial charge on any atom is -0.260 e. The van der Waals surface area contributed by atoms with Gasteiger partial charge in [-0.15, -0.1) is 0 Å². The van der Waals surface area contributed by atoms with E-state index >= 15 is 0 Å². The van der Waals surface area contributed by atoms with Crippen LogP contribution >= 0.6 is 0 Å². The van der Waals surface area contributed by atoms with E-state index in [-0.39, 0.29) is 0 Å². The van der Waals surface area contributed by atoms with Crippen LogP contribution < -0.4 is 4.57 Å². The Hall–Kier alpha value is -3.26. The Morgan fingerprint density at radius 2 is 1.74 bits per heavy atom. The summed E-state index contributed by atoms with van der Waals surface area (Å²) in [7, 11) is 2.11. The third kappa shape index (κ3) is 2.57. The number of rotatable bonds is 2. The molecule has 0 aliphatic heterocycles. The molecule has 0 fully saturated rings. The fourth-order valence-electron chi connectivity index (χ4n) is 4.18. The molecule has 5 rings (SSSR count). The molecule has 0 unspecified atom stereocenters. The number of aryl methyl sites for hydroxylation is 2. The van der Waals surface area contributed by atoms with Gasteiger partial charge in [0, 0.05) is 30.3 Å². The van der Waals surface area contributed by atoms with Gasteiger partial charge in [0.2, 0.25) is 5.69 Å². The lowest BCUT2D eigenvalue weighted by molar-refractivity contribution is -0.660. The Bertz CT molecular complexity index is 1170. The minimum absolute atomic E-state index is 0.931. The molecule has 2 heteroatoms. The van der Waals surface area contributed by atoms with Gasteiger partial charge in [-0.25, -0.2) is 4.57 Å². The summed E-state index contributed by atoms with van der Waals surface area (Å²) >= 11 is 0. The molecule has 2 aromatic carbocycles. The summed E-state index contributed by atoms with van der Waals surface area (Å²) in [6, 6.07) is 24.0. The van der Waals surface area contributed by atoms with Crippen molar-refractivity contribution in [2.45, 2.75) is 13.3 Å². The van der Waals surface area contributed by atoms with Gasteiger partial charge in [0.05, 0.1) is 11.3 Å². The molecule has 2 aromatic heterocycles. The third-order valence-electron chi connectivity index (χ3n) is 5.54. The van der Waals surface area contributed by atoms with E-state index < -0.39 is 0 Å². The number of hydrogen-bond acceptors (Lipinski definition) is 1. The Morgan fingerprint density at radius 1 is 0.852 bits per heavy atom. The average Bonchev–Trinajstić information content (AvgIpc) is 3.06. The van der Waals surface area contributed by atoms with E-state index in [9.17, 15) is 0 Å². The maximum Gasteiger partial charge on any atom is 0.213 e. The highest BCUT2D eigenvalue weighted by Crippen LogP contribution is 2.40. The van der Waals surface area contributed by atoms with Crippen LogP contribution in [-0.4, -0.2) is 4.98 Å². The maximum absolute atomic E-state index is 4.56. The molecule has 2 heterocycles. The lowest BCUT2D eigenvalue weighted by atomic mass is 9.91. The number of hydrogen-bond donors (Lipinski definition) is 0. The van der Waals surface area contributed by atoms with E-state index in [4.69, 9.17) is 0 Å². The normalized spacial score (nSPS) is 11.9. The Morgan fingerprint density at radius 3 is 2.63 bits per heavy atom. The van der Waals surface area contributed by atoms with E-state index in [0.717, 1.165) is 6.42 Å². The summed E-state index contributed by atoms with van der Waals surface area (Å²) in [5.41, 5.74) is 11.5. The van der Waals surface area contributed by atoms with Gasteiger partial charge in [0.25, 0.3) is 0 Å². The van der Waals surface area contributed by atoms with Crippen LogP contribution in [0.4, 0.5) is 0 Å². The summed E-state index contributed by atoms with van der Waals surface area (Å²) < 4.78 is 2.19. The van der Waals surface area contributed by atoms with Crippen molar-refractivity contribution in [3.05, 3.63) is 95.9 Å². The molecular formula is C25H21N2+. The number of aromatic nitrogens is 2. The Labute approximate surface area is 159 Å². The van der Waals surface area contributed by atoms with Gasteiger partial charge in [0.15, 0.2) is 6.20 Å². The quantitative estimate of drug-likeness (QED) is 0.404. The van der Waals surface area contributed by atoms with Gasteiger partial charge >= 0.3 is 0 Å². The largest absolute Gasteiger partial charge is 0.260 e. The first kappa shape index (κ1) is 16.0. The van der Waals surface area contributed by atoms with E-state index in [1.165, 1.54) is 50.3 Å². The van der Waals surface area contributed by atoms with Gasteiger partial charge in [-0.2, -0.15) is 0 Å². The molecule has 0 saturated heterocycles. The molecule has 0 bridgehead atoms. The minimum atomic E-state index is 0.931. The Balaban J connectivity index is 1.73. The van der Waals surface area contributed by atoms with Crippen LogP contribution in [0.1, 0.15) is 16.8 Å². The molecular weight excluding hydrogens is 328 g/mol. The Kier molecular flexibility index (Phi) is 3.64. The first-order valence-corrected chi connectivity index (χ1v) is 9.34. The lowest BCUT2D eigenvalue weighted by Gasteiger charge is -2.13. The van der Waals surface area contributed by atoms with Crippen molar-refractivity contribution in [3.63, 3.8) is 0 Å². The molecule has 0 spiro atoms. The second-order valence-corrected chi connectivity index (χ2v) is 7.24. The second-order valence-electron chi connectivity index (χ2n) is 7.24. The van der Waals surface area contributed by atoms with Gasteiger partial charge in [0.1, 0.15) is 7.05 Å². The summed E-state index contributed by atoms with van der Waals surface area (Å²) in [5.74, 6) is 0. The smallest absolute Gasteiger partial charge is 0.213 e. The van der Waals surface area contributed by atoms with Crippen molar-refractivity contribution < 1.29 is 4.57 Å². The predicted octanol–water partition coefficient (Wildman–Crippen LogP) is 5.12. The standard InChI is InChI=1S/C25H21N2/c1-17-7-5-8-20(25(17)24-10-3-4-14-27(24)2)18-11-12-19-16-23-21(22(19)15-18)9-6-13-26-23/h3-15H,16H2,1-2H3/q+1. The van der Waals surface area contributed by atoms with Crippen LogP contribution in [-0.2, 0) is 13.5 Å². The second kappa shape index (κ2) is 6.17. The predicted molar refractivity (Wildman–Crippen MR) is 109 cm³/mol. The van der Waals surface area contributed by atoms with Crippen LogP contribution in [0.5, 0.6) is 0 Å². The first-order valence-electron chi connectivity index (χ1n) is 9.34. The van der Waals surface area contributed by atoms with Crippen LogP contribution in [0.3, 0.4) is 0 Å². The zero-order valence-electron chi connectivity index (χ0n) is 15.6. The van der Waals surface area contributed by atoms with Crippen LogP contribution in [0.25, 0.3) is 33.5 Å². The van der Waals surface area contributed by atoms with Gasteiger partial charge in [-0.05, 0) is 52.9 Å². The number of nitrogens with zero attached hydrogens (tertiary/aromatic N) is 2. The lowest BCUT2D eigenvalue weighted by Crippen LogP contribution is -2.30. The number of pyridine rings is 2. The van der Waals surface area contributed by atoms with Crippen molar-refractivity contribution in [1.82, 2.24) is 4.98 Å². The molecule has 0 amide bonds. The number of fused-ring (bicyclic) bond motifs is 3. The topological polar surface area (TPSA) is 16.8 Å². The summed E-state index contributed by atoms with van der Waals surface area (Å²) in [6.45, 7) is 2.19. The van der Waals surface area contributed by atoms with E-state index in [0.29, 0.717) is 0 Å². The monoisotopic (exact) mass is 349 g/mol. The van der Waals surface area contributed by atoms with Crippen LogP contribution in [0.15, 0.2) is 79.1 Å². The molecule has 0 N–H and O–H groups in total. The molecule has 1 aliphatic carbocycles. The molecule has 4 aromatic rings. The SMILES string of the molecule is Cc1cccc(-c2ccc3c(c2)-c2cccnc2C3)c1-c1cccc[n+]1C. The average molecular weight is 349 g/mol. The summed E-state index contributed by atoms with van der Waals surface area (Å²) in [4.78, 5) is 4.56. The number of benzene rings is 2. The van der Waals surface area contributed by atoms with Crippen molar-refractivity contribution in [3.8, 4) is 33.5 Å². The highest BCUT2D eigenvalue weighted by molar-refractivity contribution is 5.87. The van der Waals surface area contributed by atoms with Crippen molar-refractivity contribution >= 4 is 0 Å². The molecule has 1 aliphatic rings. The highest BCUT2D eigenvalue weighted by atomic mass is 14.9. The van der Waals surface area contributed by atoms with Gasteiger partial charge in [-0.1, -0.05) is 36.4 Å². The molecule has 0 radical (unpaired) electrons. The fraction of sp³-hybridized carbons (Fsp3) is 0.120. The van der Waals surface area contributed by atoms with Crippen molar-refractivity contribution in [1.29, 1.82) is 0 Å². The first-order chi connectivity index (χ1) is 13.2. The van der Waals surface area contributed by atoms with E-state index in [1.807, 2.05) is 12.3 Å². The fourth-order valence-corrected chi connectivity index (χ4v) is 4.18. The van der Waals surface area contributed by atoms with Crippen LogP contribution in [0.2, 0.25) is 0 Å². The highest BCUT2D eigenvalue weighted by Gasteiger charge is 2.22. The van der Waals surface area contributed by atoms with E-state index in [1.54, 1.807) is 0 Å². The van der Waals surface area contributed by atoms with E-state index in [2.05, 4.69) is 90.4 Å². The van der Waals surface area contributed by atoms with Gasteiger partial charge in [-0.3, -0.25) is 4.98 Å². The van der Waals surface area contributed by atoms with Crippen LogP contribution in [0, 0.1) is 6.92 Å². The third-order valence-corrected chi connectivity index (χ3v) is 5.54. The molecule has 130 valence electrons. The van der Waals surface area contributed by atoms with Gasteiger partial charge < -0.3 is 0 Å². The molecule has 0 atom stereocenters. The molecule has 27 heavy (non-hydrogen) atoms. The zero-order chi connectivity index (χ0) is 18.4. The van der Waals surface area contributed by atoms with Crippen molar-refractivity contribution in [2.24, 2.45) is 7.05 Å².